The first-order valence-electron chi connectivity index (χ1n) is 5.81. The standard InChI is InChI=1S/C13H17ClN2O2S/c1-2-7-15-13(19)16-8-11(17)9-18-12-5-3-10(14)4-6-12/h2-6,11,17H,1,7-9H2,(H2,15,16,19)/t11-/m0/s1. The molecule has 0 unspecified atom stereocenters. The van der Waals surface area contributed by atoms with Crippen LogP contribution in [0.4, 0.5) is 0 Å². The predicted molar refractivity (Wildman–Crippen MR) is 81.8 cm³/mol. The Kier molecular flexibility index (Phi) is 7.25. The Labute approximate surface area is 123 Å². The molecule has 104 valence electrons. The topological polar surface area (TPSA) is 53.5 Å². The molecule has 19 heavy (non-hydrogen) atoms. The predicted octanol–water partition coefficient (Wildman–Crippen LogP) is 1.73. The molecule has 0 aliphatic rings. The smallest absolute Gasteiger partial charge is 0.166 e. The van der Waals surface area contributed by atoms with E-state index in [1.54, 1.807) is 30.3 Å². The number of nitrogens with one attached hydrogen (secondary N) is 2. The zero-order valence-electron chi connectivity index (χ0n) is 10.4. The van der Waals surface area contributed by atoms with Gasteiger partial charge in [-0.05, 0) is 36.5 Å². The number of benzene rings is 1. The van der Waals surface area contributed by atoms with Crippen LogP contribution >= 0.6 is 23.8 Å². The third-order valence-electron chi connectivity index (χ3n) is 2.16. The van der Waals surface area contributed by atoms with E-state index in [1.807, 2.05) is 0 Å². The van der Waals surface area contributed by atoms with Crippen molar-refractivity contribution >= 4 is 28.9 Å². The fourth-order valence-electron chi connectivity index (χ4n) is 1.22. The average Bonchev–Trinajstić information content (AvgIpc) is 2.42. The molecule has 0 aliphatic carbocycles. The SMILES string of the molecule is C=CCNC(=S)NC[C@H](O)COc1ccc(Cl)cc1. The normalized spacial score (nSPS) is 11.5. The van der Waals surface area contributed by atoms with Crippen LogP contribution in [0, 0.1) is 0 Å². The van der Waals surface area contributed by atoms with Crippen molar-refractivity contribution < 1.29 is 9.84 Å². The minimum atomic E-state index is -0.654. The summed E-state index contributed by atoms with van der Waals surface area (Å²) in [6.07, 6.45) is 1.05. The van der Waals surface area contributed by atoms with Gasteiger partial charge in [-0.15, -0.1) is 6.58 Å². The van der Waals surface area contributed by atoms with Gasteiger partial charge in [0.2, 0.25) is 0 Å². The molecule has 0 fully saturated rings. The van der Waals surface area contributed by atoms with Gasteiger partial charge < -0.3 is 20.5 Å². The summed E-state index contributed by atoms with van der Waals surface area (Å²) in [5.41, 5.74) is 0. The summed E-state index contributed by atoms with van der Waals surface area (Å²) in [4.78, 5) is 0. The summed E-state index contributed by atoms with van der Waals surface area (Å²) in [7, 11) is 0. The van der Waals surface area contributed by atoms with Gasteiger partial charge in [0.05, 0.1) is 0 Å². The van der Waals surface area contributed by atoms with E-state index in [-0.39, 0.29) is 6.61 Å². The molecule has 0 saturated heterocycles. The highest BCUT2D eigenvalue weighted by atomic mass is 35.5. The Morgan fingerprint density at radius 1 is 1.42 bits per heavy atom. The molecular weight excluding hydrogens is 284 g/mol. The van der Waals surface area contributed by atoms with Crippen LogP contribution in [0.25, 0.3) is 0 Å². The Bertz CT molecular complexity index is 412. The number of rotatable bonds is 7. The molecule has 0 aliphatic heterocycles. The molecule has 0 saturated carbocycles. The Balaban J connectivity index is 2.20. The number of thiocarbonyl (C=S) groups is 1. The van der Waals surface area contributed by atoms with Gasteiger partial charge in [0.15, 0.2) is 5.11 Å². The maximum atomic E-state index is 9.72. The highest BCUT2D eigenvalue weighted by Crippen LogP contribution is 2.15. The minimum Gasteiger partial charge on any atom is -0.491 e. The fourth-order valence-corrected chi connectivity index (χ4v) is 1.51. The highest BCUT2D eigenvalue weighted by Gasteiger charge is 2.06. The van der Waals surface area contributed by atoms with Crippen LogP contribution in [-0.4, -0.2) is 36.0 Å². The van der Waals surface area contributed by atoms with Crippen LogP contribution < -0.4 is 15.4 Å². The van der Waals surface area contributed by atoms with Gasteiger partial charge in [0.25, 0.3) is 0 Å². The van der Waals surface area contributed by atoms with Crippen molar-refractivity contribution in [3.8, 4) is 5.75 Å². The zero-order chi connectivity index (χ0) is 14.1. The van der Waals surface area contributed by atoms with E-state index >= 15 is 0 Å². The van der Waals surface area contributed by atoms with Crippen LogP contribution in [0.5, 0.6) is 5.75 Å². The van der Waals surface area contributed by atoms with E-state index in [9.17, 15) is 5.11 Å². The molecule has 3 N–H and O–H groups in total. The molecule has 1 aromatic rings. The molecule has 0 heterocycles. The second-order valence-corrected chi connectivity index (χ2v) is 4.64. The van der Waals surface area contributed by atoms with Crippen molar-refractivity contribution in [2.45, 2.75) is 6.10 Å². The van der Waals surface area contributed by atoms with E-state index in [1.165, 1.54) is 0 Å². The van der Waals surface area contributed by atoms with E-state index < -0.39 is 6.10 Å². The molecule has 1 atom stereocenters. The van der Waals surface area contributed by atoms with Crippen LogP contribution in [-0.2, 0) is 0 Å². The molecule has 0 amide bonds. The van der Waals surface area contributed by atoms with Gasteiger partial charge in [-0.1, -0.05) is 17.7 Å². The van der Waals surface area contributed by atoms with E-state index in [0.717, 1.165) is 0 Å². The number of aliphatic hydroxyl groups excluding tert-OH is 1. The van der Waals surface area contributed by atoms with Crippen molar-refractivity contribution in [1.29, 1.82) is 0 Å². The van der Waals surface area contributed by atoms with E-state index in [0.29, 0.717) is 29.0 Å². The largest absolute Gasteiger partial charge is 0.491 e. The first kappa shape index (κ1) is 15.8. The molecule has 0 bridgehead atoms. The van der Waals surface area contributed by atoms with Crippen molar-refractivity contribution in [2.24, 2.45) is 0 Å². The molecule has 1 rings (SSSR count). The summed E-state index contributed by atoms with van der Waals surface area (Å²) in [5, 5.41) is 16.6. The first-order chi connectivity index (χ1) is 9.11. The van der Waals surface area contributed by atoms with Crippen LogP contribution in [0.2, 0.25) is 5.02 Å². The monoisotopic (exact) mass is 300 g/mol. The Hall–Kier alpha value is -1.30. The molecule has 6 heteroatoms. The number of halogens is 1. The van der Waals surface area contributed by atoms with Crippen LogP contribution in [0.3, 0.4) is 0 Å². The quantitative estimate of drug-likeness (QED) is 0.529. The maximum Gasteiger partial charge on any atom is 0.166 e. The van der Waals surface area contributed by atoms with Gasteiger partial charge in [0, 0.05) is 18.1 Å². The summed E-state index contributed by atoms with van der Waals surface area (Å²) < 4.78 is 5.41. The van der Waals surface area contributed by atoms with Crippen LogP contribution in [0.1, 0.15) is 0 Å². The lowest BCUT2D eigenvalue weighted by Gasteiger charge is -2.14. The number of ether oxygens (including phenoxy) is 1. The second kappa shape index (κ2) is 8.74. The van der Waals surface area contributed by atoms with Gasteiger partial charge in [-0.2, -0.15) is 0 Å². The van der Waals surface area contributed by atoms with E-state index in [2.05, 4.69) is 17.2 Å². The third-order valence-corrected chi connectivity index (χ3v) is 2.70. The van der Waals surface area contributed by atoms with Gasteiger partial charge in [-0.25, -0.2) is 0 Å². The first-order valence-corrected chi connectivity index (χ1v) is 6.59. The molecule has 0 radical (unpaired) electrons. The van der Waals surface area contributed by atoms with Crippen LogP contribution in [0.15, 0.2) is 36.9 Å². The van der Waals surface area contributed by atoms with Gasteiger partial charge in [-0.3, -0.25) is 0 Å². The Morgan fingerprint density at radius 2 is 2.11 bits per heavy atom. The second-order valence-electron chi connectivity index (χ2n) is 3.80. The Morgan fingerprint density at radius 3 is 2.74 bits per heavy atom. The number of hydrogen-bond donors (Lipinski definition) is 3. The zero-order valence-corrected chi connectivity index (χ0v) is 12.0. The summed E-state index contributed by atoms with van der Waals surface area (Å²) in [6.45, 7) is 4.65. The molecule has 1 aromatic carbocycles. The molecular formula is C13H17ClN2O2S. The number of aliphatic hydroxyl groups is 1. The minimum absolute atomic E-state index is 0.179. The molecule has 0 aromatic heterocycles. The lowest BCUT2D eigenvalue weighted by atomic mass is 10.3. The fraction of sp³-hybridized carbons (Fsp3) is 0.308. The lowest BCUT2D eigenvalue weighted by molar-refractivity contribution is 0.110. The van der Waals surface area contributed by atoms with Gasteiger partial charge >= 0.3 is 0 Å². The van der Waals surface area contributed by atoms with E-state index in [4.69, 9.17) is 28.6 Å². The number of hydrogen-bond acceptors (Lipinski definition) is 3. The van der Waals surface area contributed by atoms with Crippen molar-refractivity contribution in [3.05, 3.63) is 41.9 Å². The highest BCUT2D eigenvalue weighted by molar-refractivity contribution is 7.80. The van der Waals surface area contributed by atoms with Crippen molar-refractivity contribution in [3.63, 3.8) is 0 Å². The molecule has 0 spiro atoms. The maximum absolute atomic E-state index is 9.72. The van der Waals surface area contributed by atoms with Crippen molar-refractivity contribution in [2.75, 3.05) is 19.7 Å². The average molecular weight is 301 g/mol. The summed E-state index contributed by atoms with van der Waals surface area (Å²) in [6, 6.07) is 6.96. The lowest BCUT2D eigenvalue weighted by Crippen LogP contribution is -2.41. The summed E-state index contributed by atoms with van der Waals surface area (Å²) in [5.74, 6) is 0.663. The summed E-state index contributed by atoms with van der Waals surface area (Å²) >= 11 is 10.8. The third kappa shape index (κ3) is 7.00. The molecule has 4 nitrogen and oxygen atoms in total. The van der Waals surface area contributed by atoms with Gasteiger partial charge in [0.1, 0.15) is 18.5 Å². The van der Waals surface area contributed by atoms with Crippen molar-refractivity contribution in [1.82, 2.24) is 10.6 Å².